The fourth-order valence-electron chi connectivity index (χ4n) is 4.29. The van der Waals surface area contributed by atoms with Crippen LogP contribution < -0.4 is 10.2 Å². The lowest BCUT2D eigenvalue weighted by molar-refractivity contribution is 0.225. The van der Waals surface area contributed by atoms with Crippen molar-refractivity contribution >= 4 is 5.82 Å². The second-order valence-electron chi connectivity index (χ2n) is 6.74. The molecule has 0 unspecified atom stereocenters. The highest BCUT2D eigenvalue weighted by Crippen LogP contribution is 2.46. The van der Waals surface area contributed by atoms with Crippen LogP contribution in [0.1, 0.15) is 49.8 Å². The summed E-state index contributed by atoms with van der Waals surface area (Å²) in [6.45, 7) is 5.45. The Morgan fingerprint density at radius 1 is 1.15 bits per heavy atom. The van der Waals surface area contributed by atoms with E-state index < -0.39 is 0 Å². The predicted octanol–water partition coefficient (Wildman–Crippen LogP) is 2.61. The van der Waals surface area contributed by atoms with Crippen LogP contribution in [0.4, 0.5) is 5.82 Å². The van der Waals surface area contributed by atoms with E-state index in [1.165, 1.54) is 63.0 Å². The van der Waals surface area contributed by atoms with E-state index in [-0.39, 0.29) is 0 Å². The second-order valence-corrected chi connectivity index (χ2v) is 6.74. The molecule has 2 fully saturated rings. The number of nitrogens with one attached hydrogen (secondary N) is 1. The molecule has 0 amide bonds. The van der Waals surface area contributed by atoms with Crippen LogP contribution in [-0.2, 0) is 13.6 Å². The average molecular weight is 276 g/mol. The highest BCUT2D eigenvalue weighted by Gasteiger charge is 2.37. The summed E-state index contributed by atoms with van der Waals surface area (Å²) in [7, 11) is 4.10. The summed E-state index contributed by atoms with van der Waals surface area (Å²) in [5, 5.41) is 7.92. The first-order valence-corrected chi connectivity index (χ1v) is 8.07. The van der Waals surface area contributed by atoms with E-state index in [2.05, 4.69) is 34.0 Å². The zero-order chi connectivity index (χ0) is 14.2. The fraction of sp³-hybridized carbons (Fsp3) is 0.812. The number of anilines is 1. The summed E-state index contributed by atoms with van der Waals surface area (Å²) in [5.74, 6) is 1.34. The normalized spacial score (nSPS) is 21.9. The lowest BCUT2D eigenvalue weighted by atomic mass is 9.77. The van der Waals surface area contributed by atoms with Crippen LogP contribution in [0, 0.1) is 12.3 Å². The Balaban J connectivity index is 1.77. The van der Waals surface area contributed by atoms with Crippen molar-refractivity contribution in [2.75, 3.05) is 25.0 Å². The maximum atomic E-state index is 4.63. The van der Waals surface area contributed by atoms with Gasteiger partial charge >= 0.3 is 0 Å². The number of hydrogen-bond acceptors (Lipinski definition) is 3. The molecule has 1 aliphatic heterocycles. The van der Waals surface area contributed by atoms with Crippen LogP contribution in [0.3, 0.4) is 0 Å². The van der Waals surface area contributed by atoms with Crippen molar-refractivity contribution in [2.45, 2.75) is 52.0 Å². The quantitative estimate of drug-likeness (QED) is 0.921. The van der Waals surface area contributed by atoms with Crippen molar-refractivity contribution in [3.05, 3.63) is 11.3 Å². The lowest BCUT2D eigenvalue weighted by Crippen LogP contribution is -2.40. The molecule has 0 bridgehead atoms. The maximum absolute atomic E-state index is 4.63. The van der Waals surface area contributed by atoms with Gasteiger partial charge < -0.3 is 10.2 Å². The number of rotatable bonds is 3. The van der Waals surface area contributed by atoms with Crippen LogP contribution in [0.2, 0.25) is 0 Å². The molecule has 1 aliphatic carbocycles. The van der Waals surface area contributed by atoms with Gasteiger partial charge in [-0.25, -0.2) is 0 Å². The number of aromatic nitrogens is 2. The summed E-state index contributed by atoms with van der Waals surface area (Å²) < 4.78 is 2.08. The van der Waals surface area contributed by atoms with E-state index in [1.807, 2.05) is 7.05 Å². The lowest BCUT2D eigenvalue weighted by Gasteiger charge is -2.40. The number of hydrogen-bond donors (Lipinski definition) is 1. The van der Waals surface area contributed by atoms with Crippen molar-refractivity contribution < 1.29 is 0 Å². The molecule has 1 N–H and O–H groups in total. The molecule has 0 radical (unpaired) electrons. The third kappa shape index (κ3) is 2.34. The highest BCUT2D eigenvalue weighted by atomic mass is 15.4. The molecule has 1 aromatic rings. The molecule has 112 valence electrons. The summed E-state index contributed by atoms with van der Waals surface area (Å²) in [6, 6.07) is 0. The van der Waals surface area contributed by atoms with Gasteiger partial charge in [0.15, 0.2) is 0 Å². The Hall–Kier alpha value is -1.03. The minimum Gasteiger partial charge on any atom is -0.357 e. The zero-order valence-corrected chi connectivity index (χ0v) is 13.2. The predicted molar refractivity (Wildman–Crippen MR) is 83.1 cm³/mol. The third-order valence-corrected chi connectivity index (χ3v) is 5.45. The van der Waals surface area contributed by atoms with Crippen molar-refractivity contribution in [1.82, 2.24) is 15.1 Å². The Morgan fingerprint density at radius 3 is 2.40 bits per heavy atom. The minimum absolute atomic E-state index is 0.688. The van der Waals surface area contributed by atoms with Crippen molar-refractivity contribution in [2.24, 2.45) is 12.5 Å². The molecule has 2 heterocycles. The van der Waals surface area contributed by atoms with Crippen LogP contribution in [0.25, 0.3) is 0 Å². The van der Waals surface area contributed by atoms with Crippen LogP contribution in [0.15, 0.2) is 0 Å². The van der Waals surface area contributed by atoms with Crippen LogP contribution in [0.5, 0.6) is 0 Å². The summed E-state index contributed by atoms with van der Waals surface area (Å²) in [5.41, 5.74) is 3.23. The van der Waals surface area contributed by atoms with Gasteiger partial charge in [0.25, 0.3) is 0 Å². The smallest absolute Gasteiger partial charge is 0.131 e. The first-order chi connectivity index (χ1) is 9.65. The van der Waals surface area contributed by atoms with Crippen LogP contribution >= 0.6 is 0 Å². The Bertz CT molecular complexity index is 461. The molecule has 3 rings (SSSR count). The van der Waals surface area contributed by atoms with Gasteiger partial charge in [-0.05, 0) is 45.1 Å². The number of nitrogens with zero attached hydrogens (tertiary/aromatic N) is 3. The van der Waals surface area contributed by atoms with Crippen molar-refractivity contribution in [1.29, 1.82) is 0 Å². The van der Waals surface area contributed by atoms with Gasteiger partial charge in [0.05, 0.1) is 5.69 Å². The second kappa shape index (κ2) is 5.40. The molecule has 1 spiro atoms. The van der Waals surface area contributed by atoms with Gasteiger partial charge in [0, 0.05) is 32.2 Å². The van der Waals surface area contributed by atoms with E-state index >= 15 is 0 Å². The van der Waals surface area contributed by atoms with Gasteiger partial charge in [-0.3, -0.25) is 4.68 Å². The van der Waals surface area contributed by atoms with Crippen LogP contribution in [-0.4, -0.2) is 29.9 Å². The van der Waals surface area contributed by atoms with E-state index in [0.29, 0.717) is 5.41 Å². The molecule has 0 atom stereocenters. The fourth-order valence-corrected chi connectivity index (χ4v) is 4.29. The Morgan fingerprint density at radius 2 is 1.80 bits per heavy atom. The van der Waals surface area contributed by atoms with Gasteiger partial charge in [-0.15, -0.1) is 0 Å². The van der Waals surface area contributed by atoms with Crippen molar-refractivity contribution in [3.8, 4) is 0 Å². The molecule has 4 heteroatoms. The Labute approximate surface area is 122 Å². The molecule has 1 aromatic heterocycles. The molecular weight excluding hydrogens is 248 g/mol. The Kier molecular flexibility index (Phi) is 3.76. The molecule has 20 heavy (non-hydrogen) atoms. The number of aryl methyl sites for hydroxylation is 2. The molecule has 1 saturated carbocycles. The van der Waals surface area contributed by atoms with Gasteiger partial charge in [-0.2, -0.15) is 5.10 Å². The number of piperidine rings is 1. The molecule has 1 saturated heterocycles. The minimum atomic E-state index is 0.688. The SMILES string of the molecule is CNCc1c(C)nn(C)c1N1CCC2(CCCC2)CC1. The average Bonchev–Trinajstić information content (AvgIpc) is 2.98. The maximum Gasteiger partial charge on any atom is 0.131 e. The van der Waals surface area contributed by atoms with Crippen molar-refractivity contribution in [3.63, 3.8) is 0 Å². The monoisotopic (exact) mass is 276 g/mol. The van der Waals surface area contributed by atoms with Gasteiger partial charge in [0.2, 0.25) is 0 Å². The molecule has 0 aromatic carbocycles. The largest absolute Gasteiger partial charge is 0.357 e. The van der Waals surface area contributed by atoms with Gasteiger partial charge in [-0.1, -0.05) is 12.8 Å². The molecule has 2 aliphatic rings. The topological polar surface area (TPSA) is 33.1 Å². The highest BCUT2D eigenvalue weighted by molar-refractivity contribution is 5.50. The summed E-state index contributed by atoms with van der Waals surface area (Å²) >= 11 is 0. The van der Waals surface area contributed by atoms with E-state index in [0.717, 1.165) is 12.2 Å². The zero-order valence-electron chi connectivity index (χ0n) is 13.2. The summed E-state index contributed by atoms with van der Waals surface area (Å²) in [4.78, 5) is 2.57. The van der Waals surface area contributed by atoms with E-state index in [4.69, 9.17) is 0 Å². The standard InChI is InChI=1S/C16H28N4/c1-13-14(12-17-2)15(19(3)18-13)20-10-8-16(9-11-20)6-4-5-7-16/h17H,4-12H2,1-3H3. The summed E-state index contributed by atoms with van der Waals surface area (Å²) in [6.07, 6.45) is 8.58. The molecular formula is C16H28N4. The third-order valence-electron chi connectivity index (χ3n) is 5.45. The van der Waals surface area contributed by atoms with E-state index in [1.54, 1.807) is 0 Å². The first-order valence-electron chi connectivity index (χ1n) is 8.07. The van der Waals surface area contributed by atoms with Gasteiger partial charge in [0.1, 0.15) is 5.82 Å². The first kappa shape index (κ1) is 13.9. The molecule has 4 nitrogen and oxygen atoms in total. The van der Waals surface area contributed by atoms with E-state index in [9.17, 15) is 0 Å².